The van der Waals surface area contributed by atoms with Gasteiger partial charge in [-0.25, -0.2) is 0 Å². The van der Waals surface area contributed by atoms with Gasteiger partial charge < -0.3 is 24.8 Å². The van der Waals surface area contributed by atoms with Crippen molar-refractivity contribution in [3.8, 4) is 28.7 Å². The molecule has 6 heteroatoms. The lowest BCUT2D eigenvalue weighted by molar-refractivity contribution is 0.104. The number of phenolic OH excluding ortho intramolecular Hbond substituents is 3. The van der Waals surface area contributed by atoms with Crippen LogP contribution in [0.5, 0.6) is 28.7 Å². The molecule has 23 heavy (non-hydrogen) atoms. The van der Waals surface area contributed by atoms with Crippen molar-refractivity contribution in [1.29, 1.82) is 0 Å². The fourth-order valence-corrected chi connectivity index (χ4v) is 2.03. The van der Waals surface area contributed by atoms with Gasteiger partial charge in [0.25, 0.3) is 0 Å². The van der Waals surface area contributed by atoms with Crippen LogP contribution in [-0.2, 0) is 0 Å². The molecule has 0 aromatic heterocycles. The topological polar surface area (TPSA) is 96.2 Å². The number of hydrogen-bond acceptors (Lipinski definition) is 6. The van der Waals surface area contributed by atoms with E-state index in [1.807, 2.05) is 0 Å². The summed E-state index contributed by atoms with van der Waals surface area (Å²) in [6.07, 6.45) is 2.73. The summed E-state index contributed by atoms with van der Waals surface area (Å²) in [5.74, 6) is -1.04. The fraction of sp³-hybridized carbons (Fsp3) is 0.118. The van der Waals surface area contributed by atoms with Gasteiger partial charge in [-0.2, -0.15) is 0 Å². The average Bonchev–Trinajstić information content (AvgIpc) is 2.53. The SMILES string of the molecule is COc1ccc(/C=C/C(=O)c2ccc(O)c(OC)c2O)cc1O. The summed E-state index contributed by atoms with van der Waals surface area (Å²) in [4.78, 5) is 12.2. The van der Waals surface area contributed by atoms with Crippen molar-refractivity contribution in [2.75, 3.05) is 14.2 Å². The summed E-state index contributed by atoms with van der Waals surface area (Å²) < 4.78 is 9.78. The highest BCUT2D eigenvalue weighted by atomic mass is 16.5. The van der Waals surface area contributed by atoms with Crippen LogP contribution in [0.15, 0.2) is 36.4 Å². The van der Waals surface area contributed by atoms with E-state index in [1.54, 1.807) is 12.1 Å². The molecule has 3 N–H and O–H groups in total. The molecule has 0 amide bonds. The third kappa shape index (κ3) is 3.37. The molecule has 0 aliphatic rings. The maximum absolute atomic E-state index is 12.2. The van der Waals surface area contributed by atoms with Crippen molar-refractivity contribution in [1.82, 2.24) is 0 Å². The Kier molecular flexibility index (Phi) is 4.75. The predicted molar refractivity (Wildman–Crippen MR) is 84.3 cm³/mol. The maximum Gasteiger partial charge on any atom is 0.203 e. The summed E-state index contributed by atoms with van der Waals surface area (Å²) >= 11 is 0. The Morgan fingerprint density at radius 3 is 2.35 bits per heavy atom. The Morgan fingerprint density at radius 2 is 1.74 bits per heavy atom. The van der Waals surface area contributed by atoms with Crippen LogP contribution in [0.3, 0.4) is 0 Å². The Morgan fingerprint density at radius 1 is 1.00 bits per heavy atom. The molecule has 0 spiro atoms. The second kappa shape index (κ2) is 6.74. The zero-order chi connectivity index (χ0) is 17.0. The van der Waals surface area contributed by atoms with Crippen LogP contribution in [0.2, 0.25) is 0 Å². The van der Waals surface area contributed by atoms with Crippen molar-refractivity contribution in [2.45, 2.75) is 0 Å². The van der Waals surface area contributed by atoms with Crippen molar-refractivity contribution in [3.63, 3.8) is 0 Å². The first-order valence-electron chi connectivity index (χ1n) is 6.66. The number of rotatable bonds is 5. The molecule has 0 radical (unpaired) electrons. The number of benzene rings is 2. The normalized spacial score (nSPS) is 10.7. The predicted octanol–water partition coefficient (Wildman–Crippen LogP) is 2.72. The number of phenols is 3. The Labute approximate surface area is 132 Å². The summed E-state index contributed by atoms with van der Waals surface area (Å²) in [5.41, 5.74) is 0.579. The summed E-state index contributed by atoms with van der Waals surface area (Å²) in [5, 5.41) is 29.2. The van der Waals surface area contributed by atoms with Gasteiger partial charge in [-0.05, 0) is 35.9 Å². The second-order valence-corrected chi connectivity index (χ2v) is 4.64. The van der Waals surface area contributed by atoms with Gasteiger partial charge in [0.1, 0.15) is 0 Å². The highest BCUT2D eigenvalue weighted by Gasteiger charge is 2.16. The number of hydrogen-bond donors (Lipinski definition) is 3. The molecule has 0 fully saturated rings. The number of ether oxygens (including phenoxy) is 2. The van der Waals surface area contributed by atoms with Crippen LogP contribution < -0.4 is 9.47 Å². The van der Waals surface area contributed by atoms with E-state index in [1.165, 1.54) is 44.6 Å². The summed E-state index contributed by atoms with van der Waals surface area (Å²) in [6, 6.07) is 7.24. The van der Waals surface area contributed by atoms with Crippen molar-refractivity contribution in [2.24, 2.45) is 0 Å². The molecule has 0 saturated heterocycles. The quantitative estimate of drug-likeness (QED) is 0.580. The molecule has 0 heterocycles. The molecule has 0 saturated carbocycles. The molecule has 0 atom stereocenters. The van der Waals surface area contributed by atoms with Crippen LogP contribution in [0.25, 0.3) is 6.08 Å². The monoisotopic (exact) mass is 316 g/mol. The number of methoxy groups -OCH3 is 2. The lowest BCUT2D eigenvalue weighted by Gasteiger charge is -2.08. The van der Waals surface area contributed by atoms with Gasteiger partial charge in [-0.15, -0.1) is 0 Å². The molecule has 2 aromatic rings. The van der Waals surface area contributed by atoms with Gasteiger partial charge in [0, 0.05) is 0 Å². The minimum absolute atomic E-state index is 0.00589. The highest BCUT2D eigenvalue weighted by Crippen LogP contribution is 2.38. The van der Waals surface area contributed by atoms with Gasteiger partial charge in [0.05, 0.1) is 19.8 Å². The van der Waals surface area contributed by atoms with E-state index in [-0.39, 0.29) is 22.8 Å². The Balaban J connectivity index is 2.27. The first-order chi connectivity index (χ1) is 11.0. The molecule has 2 aromatic carbocycles. The number of ketones is 1. The van der Waals surface area contributed by atoms with Crippen LogP contribution >= 0.6 is 0 Å². The number of carbonyl (C=O) groups excluding carboxylic acids is 1. The van der Waals surface area contributed by atoms with Gasteiger partial charge in [0.15, 0.2) is 28.8 Å². The summed E-state index contributed by atoms with van der Waals surface area (Å²) in [6.45, 7) is 0. The average molecular weight is 316 g/mol. The lowest BCUT2D eigenvalue weighted by atomic mass is 10.1. The van der Waals surface area contributed by atoms with Crippen molar-refractivity contribution in [3.05, 3.63) is 47.5 Å². The number of allylic oxidation sites excluding steroid dienone is 1. The van der Waals surface area contributed by atoms with Crippen LogP contribution in [0.1, 0.15) is 15.9 Å². The second-order valence-electron chi connectivity index (χ2n) is 4.64. The molecule has 0 aliphatic carbocycles. The highest BCUT2D eigenvalue weighted by molar-refractivity contribution is 6.09. The molecule has 120 valence electrons. The standard InChI is InChI=1S/C17H16O6/c1-22-15-8-4-10(9-14(15)20)3-6-12(18)11-5-7-13(19)17(23-2)16(11)21/h3-9,19-21H,1-2H3/b6-3+. The van der Waals surface area contributed by atoms with E-state index in [4.69, 9.17) is 9.47 Å². The number of carbonyl (C=O) groups is 1. The first kappa shape index (κ1) is 16.2. The van der Waals surface area contributed by atoms with Gasteiger partial charge in [0.2, 0.25) is 5.75 Å². The summed E-state index contributed by atoms with van der Waals surface area (Å²) in [7, 11) is 2.72. The smallest absolute Gasteiger partial charge is 0.203 e. The van der Waals surface area contributed by atoms with E-state index in [9.17, 15) is 20.1 Å². The van der Waals surface area contributed by atoms with E-state index >= 15 is 0 Å². The van der Waals surface area contributed by atoms with Gasteiger partial charge >= 0.3 is 0 Å². The Hall–Kier alpha value is -3.15. The van der Waals surface area contributed by atoms with Gasteiger partial charge in [-0.1, -0.05) is 12.1 Å². The van der Waals surface area contributed by atoms with E-state index in [2.05, 4.69) is 0 Å². The fourth-order valence-electron chi connectivity index (χ4n) is 2.03. The Bertz CT molecular complexity index is 764. The zero-order valence-corrected chi connectivity index (χ0v) is 12.6. The minimum Gasteiger partial charge on any atom is -0.504 e. The molecular weight excluding hydrogens is 300 g/mol. The van der Waals surface area contributed by atoms with Crippen LogP contribution in [0, 0.1) is 0 Å². The third-order valence-electron chi connectivity index (χ3n) is 3.21. The zero-order valence-electron chi connectivity index (χ0n) is 12.6. The molecular formula is C17H16O6. The minimum atomic E-state index is -0.476. The van der Waals surface area contributed by atoms with Crippen LogP contribution in [0.4, 0.5) is 0 Å². The van der Waals surface area contributed by atoms with E-state index in [0.29, 0.717) is 11.3 Å². The molecule has 0 unspecified atom stereocenters. The molecule has 6 nitrogen and oxygen atoms in total. The lowest BCUT2D eigenvalue weighted by Crippen LogP contribution is -1.97. The maximum atomic E-state index is 12.2. The molecule has 0 aliphatic heterocycles. The molecule has 0 bridgehead atoms. The molecule has 2 rings (SSSR count). The van der Waals surface area contributed by atoms with E-state index < -0.39 is 11.5 Å². The number of aromatic hydroxyl groups is 3. The van der Waals surface area contributed by atoms with E-state index in [0.717, 1.165) is 0 Å². The van der Waals surface area contributed by atoms with Gasteiger partial charge in [-0.3, -0.25) is 4.79 Å². The first-order valence-corrected chi connectivity index (χ1v) is 6.66. The third-order valence-corrected chi connectivity index (χ3v) is 3.21. The van der Waals surface area contributed by atoms with Crippen molar-refractivity contribution >= 4 is 11.9 Å². The van der Waals surface area contributed by atoms with Crippen molar-refractivity contribution < 1.29 is 29.6 Å². The largest absolute Gasteiger partial charge is 0.504 e. The van der Waals surface area contributed by atoms with Crippen LogP contribution in [-0.4, -0.2) is 35.3 Å².